The zero-order valence-corrected chi connectivity index (χ0v) is 5.34. The van der Waals surface area contributed by atoms with E-state index in [2.05, 4.69) is 0 Å². The molecule has 42 valence electrons. The van der Waals surface area contributed by atoms with Crippen molar-refractivity contribution >= 4 is 23.2 Å². The third-order valence-electron chi connectivity index (χ3n) is 1.24. The summed E-state index contributed by atoms with van der Waals surface area (Å²) in [5, 5.41) is 0. The van der Waals surface area contributed by atoms with Crippen LogP contribution in [0.3, 0.4) is 0 Å². The summed E-state index contributed by atoms with van der Waals surface area (Å²) in [5.74, 6) is 0.357. The largest absolute Gasteiger partial charge is 0.330 e. The highest BCUT2D eigenvalue weighted by Gasteiger charge is 2.50. The van der Waals surface area contributed by atoms with Gasteiger partial charge in [0, 0.05) is 5.92 Å². The van der Waals surface area contributed by atoms with Crippen LogP contribution >= 0.6 is 23.2 Å². The van der Waals surface area contributed by atoms with Gasteiger partial charge in [0.2, 0.25) is 0 Å². The van der Waals surface area contributed by atoms with Gasteiger partial charge >= 0.3 is 0 Å². The first kappa shape index (κ1) is 5.67. The average molecular weight is 140 g/mol. The van der Waals surface area contributed by atoms with E-state index in [-0.39, 0.29) is 0 Å². The van der Waals surface area contributed by atoms with Crippen LogP contribution in [-0.4, -0.2) is 10.9 Å². The molecule has 1 aliphatic rings. The monoisotopic (exact) mass is 139 g/mol. The van der Waals surface area contributed by atoms with E-state index in [1.165, 1.54) is 0 Å². The number of hydrogen-bond donors (Lipinski definition) is 1. The number of hydrogen-bond acceptors (Lipinski definition) is 1. The summed E-state index contributed by atoms with van der Waals surface area (Å²) in [5.41, 5.74) is 5.24. The fourth-order valence-corrected chi connectivity index (χ4v) is 1.08. The van der Waals surface area contributed by atoms with Gasteiger partial charge in [0.1, 0.15) is 4.33 Å². The number of nitrogens with two attached hydrogens (primary N) is 1. The molecule has 0 aromatic rings. The Morgan fingerprint density at radius 1 is 1.71 bits per heavy atom. The summed E-state index contributed by atoms with van der Waals surface area (Å²) in [7, 11) is 0. The zero-order chi connectivity index (χ0) is 5.49. The maximum Gasteiger partial charge on any atom is 0.122 e. The van der Waals surface area contributed by atoms with Crippen molar-refractivity contribution in [3.63, 3.8) is 0 Å². The average Bonchev–Trinajstić information content (AvgIpc) is 2.13. The SMILES string of the molecule is NCC1CC1(Cl)Cl. The Labute approximate surface area is 52.8 Å². The summed E-state index contributed by atoms with van der Waals surface area (Å²) >= 11 is 11.2. The minimum absolute atomic E-state index is 0.357. The van der Waals surface area contributed by atoms with Crippen LogP contribution in [0.15, 0.2) is 0 Å². The maximum atomic E-state index is 5.59. The molecule has 0 radical (unpaired) electrons. The van der Waals surface area contributed by atoms with Gasteiger partial charge in [-0.1, -0.05) is 0 Å². The van der Waals surface area contributed by atoms with Crippen LogP contribution in [0.4, 0.5) is 0 Å². The summed E-state index contributed by atoms with van der Waals surface area (Å²) < 4.78 is -0.464. The molecule has 0 aliphatic heterocycles. The third kappa shape index (κ3) is 1.01. The van der Waals surface area contributed by atoms with Crippen LogP contribution in [0, 0.1) is 5.92 Å². The van der Waals surface area contributed by atoms with Crippen LogP contribution in [0.25, 0.3) is 0 Å². The molecule has 0 spiro atoms. The molecule has 2 N–H and O–H groups in total. The molecular formula is C4H7Cl2N. The summed E-state index contributed by atoms with van der Waals surface area (Å²) in [6, 6.07) is 0. The lowest BCUT2D eigenvalue weighted by atomic mass is 10.4. The Kier molecular flexibility index (Phi) is 1.22. The van der Waals surface area contributed by atoms with Gasteiger partial charge in [-0.3, -0.25) is 0 Å². The first-order chi connectivity index (χ1) is 3.17. The number of alkyl halides is 2. The first-order valence-corrected chi connectivity index (χ1v) is 3.00. The first-order valence-electron chi connectivity index (χ1n) is 2.24. The maximum absolute atomic E-state index is 5.59. The second kappa shape index (κ2) is 1.51. The van der Waals surface area contributed by atoms with Crippen molar-refractivity contribution in [3.05, 3.63) is 0 Å². The molecule has 0 aromatic heterocycles. The highest BCUT2D eigenvalue weighted by molar-refractivity contribution is 6.50. The molecule has 0 saturated heterocycles. The van der Waals surface area contributed by atoms with Gasteiger partial charge in [0.15, 0.2) is 0 Å². The minimum Gasteiger partial charge on any atom is -0.330 e. The third-order valence-corrected chi connectivity index (χ3v) is 2.17. The van der Waals surface area contributed by atoms with Gasteiger partial charge in [0.05, 0.1) is 0 Å². The van der Waals surface area contributed by atoms with Crippen LogP contribution in [0.5, 0.6) is 0 Å². The molecule has 1 atom stereocenters. The van der Waals surface area contributed by atoms with Crippen LogP contribution < -0.4 is 5.73 Å². The molecular weight excluding hydrogens is 133 g/mol. The fraction of sp³-hybridized carbons (Fsp3) is 1.00. The van der Waals surface area contributed by atoms with Crippen molar-refractivity contribution in [2.45, 2.75) is 10.8 Å². The lowest BCUT2D eigenvalue weighted by Crippen LogP contribution is -2.05. The van der Waals surface area contributed by atoms with Gasteiger partial charge in [-0.25, -0.2) is 0 Å². The normalized spacial score (nSPS) is 35.6. The minimum atomic E-state index is -0.464. The Morgan fingerprint density at radius 3 is 2.14 bits per heavy atom. The molecule has 0 aromatic carbocycles. The molecule has 0 amide bonds. The quantitative estimate of drug-likeness (QED) is 0.543. The number of rotatable bonds is 1. The lowest BCUT2D eigenvalue weighted by Gasteiger charge is -1.90. The topological polar surface area (TPSA) is 26.0 Å². The van der Waals surface area contributed by atoms with Crippen molar-refractivity contribution < 1.29 is 0 Å². The van der Waals surface area contributed by atoms with Gasteiger partial charge in [0.25, 0.3) is 0 Å². The van der Waals surface area contributed by atoms with Crippen LogP contribution in [0.2, 0.25) is 0 Å². The van der Waals surface area contributed by atoms with E-state index < -0.39 is 4.33 Å². The second-order valence-electron chi connectivity index (χ2n) is 1.90. The van der Waals surface area contributed by atoms with E-state index in [1.807, 2.05) is 0 Å². The van der Waals surface area contributed by atoms with E-state index in [9.17, 15) is 0 Å². The van der Waals surface area contributed by atoms with Gasteiger partial charge < -0.3 is 5.73 Å². The van der Waals surface area contributed by atoms with Crippen molar-refractivity contribution in [2.75, 3.05) is 6.54 Å². The predicted molar refractivity (Wildman–Crippen MR) is 31.6 cm³/mol. The van der Waals surface area contributed by atoms with E-state index in [4.69, 9.17) is 28.9 Å². The standard InChI is InChI=1S/C4H7Cl2N/c5-4(6)1-3(4)2-7/h3H,1-2,7H2. The highest BCUT2D eigenvalue weighted by Crippen LogP contribution is 2.52. The molecule has 1 saturated carbocycles. The van der Waals surface area contributed by atoms with Crippen molar-refractivity contribution in [3.8, 4) is 0 Å². The van der Waals surface area contributed by atoms with E-state index in [1.54, 1.807) is 0 Å². The van der Waals surface area contributed by atoms with Crippen LogP contribution in [0.1, 0.15) is 6.42 Å². The van der Waals surface area contributed by atoms with E-state index >= 15 is 0 Å². The highest BCUT2D eigenvalue weighted by atomic mass is 35.5. The molecule has 7 heavy (non-hydrogen) atoms. The summed E-state index contributed by atoms with van der Waals surface area (Å²) in [6.07, 6.45) is 0.868. The summed E-state index contributed by atoms with van der Waals surface area (Å²) in [6.45, 7) is 0.618. The Hall–Kier alpha value is 0.540. The fourth-order valence-electron chi connectivity index (χ4n) is 0.525. The Balaban J connectivity index is 2.30. The lowest BCUT2D eigenvalue weighted by molar-refractivity contribution is 0.835. The molecule has 0 heterocycles. The molecule has 1 aliphatic carbocycles. The zero-order valence-electron chi connectivity index (χ0n) is 3.82. The van der Waals surface area contributed by atoms with Crippen molar-refractivity contribution in [1.82, 2.24) is 0 Å². The molecule has 1 fully saturated rings. The Morgan fingerprint density at radius 2 is 2.14 bits per heavy atom. The van der Waals surface area contributed by atoms with Gasteiger partial charge in [-0.2, -0.15) is 0 Å². The molecule has 0 bridgehead atoms. The van der Waals surface area contributed by atoms with E-state index in [0.29, 0.717) is 12.5 Å². The van der Waals surface area contributed by atoms with Gasteiger partial charge in [-0.05, 0) is 13.0 Å². The molecule has 1 nitrogen and oxygen atoms in total. The molecule has 1 rings (SSSR count). The Bertz CT molecular complexity index is 81.8. The smallest absolute Gasteiger partial charge is 0.122 e. The summed E-state index contributed by atoms with van der Waals surface area (Å²) in [4.78, 5) is 0. The van der Waals surface area contributed by atoms with Gasteiger partial charge in [-0.15, -0.1) is 23.2 Å². The second-order valence-corrected chi connectivity index (χ2v) is 3.44. The van der Waals surface area contributed by atoms with E-state index in [0.717, 1.165) is 6.42 Å². The molecule has 3 heteroatoms. The molecule has 1 unspecified atom stereocenters. The number of halogens is 2. The van der Waals surface area contributed by atoms with Crippen molar-refractivity contribution in [1.29, 1.82) is 0 Å². The van der Waals surface area contributed by atoms with Crippen molar-refractivity contribution in [2.24, 2.45) is 11.7 Å². The predicted octanol–water partition coefficient (Wildman–Crippen LogP) is 1.14. The van der Waals surface area contributed by atoms with Crippen LogP contribution in [-0.2, 0) is 0 Å².